The number of aryl methyl sites for hydroxylation is 2. The fraction of sp³-hybridized carbons (Fsp3) is 0.286. The largest absolute Gasteiger partial charge is 0.292 e. The summed E-state index contributed by atoms with van der Waals surface area (Å²) in [7, 11) is 0. The number of aromatic nitrogens is 2. The molecule has 92 valence electrons. The molecule has 0 atom stereocenters. The molecule has 1 aromatic carbocycles. The van der Waals surface area contributed by atoms with Gasteiger partial charge in [-0.1, -0.05) is 23.7 Å². The van der Waals surface area contributed by atoms with Gasteiger partial charge in [-0.15, -0.1) is 0 Å². The van der Waals surface area contributed by atoms with E-state index in [1.54, 1.807) is 10.9 Å². The second-order valence-corrected chi connectivity index (χ2v) is 5.05. The number of hydrogen-bond donors (Lipinski definition) is 0. The van der Waals surface area contributed by atoms with Gasteiger partial charge in [0, 0.05) is 11.8 Å². The summed E-state index contributed by atoms with van der Waals surface area (Å²) in [6, 6.07) is 6.01. The molecule has 1 aliphatic carbocycles. The predicted molar refractivity (Wildman–Crippen MR) is 70.0 cm³/mol. The summed E-state index contributed by atoms with van der Waals surface area (Å²) in [6.45, 7) is 0.242. The lowest BCUT2D eigenvalue weighted by Crippen LogP contribution is -2.11. The van der Waals surface area contributed by atoms with Crippen LogP contribution in [0, 0.1) is 0 Å². The van der Waals surface area contributed by atoms with Crippen molar-refractivity contribution >= 4 is 17.4 Å². The fourth-order valence-corrected chi connectivity index (χ4v) is 2.56. The number of fused-ring (bicyclic) bond motifs is 1. The van der Waals surface area contributed by atoms with Crippen LogP contribution in [-0.4, -0.2) is 15.6 Å². The van der Waals surface area contributed by atoms with Crippen LogP contribution in [0.1, 0.15) is 27.9 Å². The minimum Gasteiger partial charge on any atom is -0.292 e. The number of rotatable bonds is 3. The second kappa shape index (κ2) is 4.58. The van der Waals surface area contributed by atoms with E-state index in [9.17, 15) is 4.79 Å². The Morgan fingerprint density at radius 3 is 2.94 bits per heavy atom. The van der Waals surface area contributed by atoms with Crippen molar-refractivity contribution in [3.8, 4) is 0 Å². The van der Waals surface area contributed by atoms with Crippen LogP contribution < -0.4 is 0 Å². The van der Waals surface area contributed by atoms with Crippen LogP contribution in [0.4, 0.5) is 0 Å². The van der Waals surface area contributed by atoms with E-state index in [0.29, 0.717) is 5.02 Å². The number of hydrogen-bond acceptors (Lipinski definition) is 2. The molecule has 3 rings (SSSR count). The van der Waals surface area contributed by atoms with Gasteiger partial charge in [0.25, 0.3) is 0 Å². The van der Waals surface area contributed by atoms with E-state index < -0.39 is 0 Å². The zero-order valence-corrected chi connectivity index (χ0v) is 10.7. The highest BCUT2D eigenvalue weighted by Crippen LogP contribution is 2.23. The van der Waals surface area contributed by atoms with Gasteiger partial charge in [0.05, 0.1) is 11.2 Å². The number of ketones is 1. The van der Waals surface area contributed by atoms with Crippen LogP contribution in [0.15, 0.2) is 30.6 Å². The third-order valence-electron chi connectivity index (χ3n) is 3.33. The molecule has 1 heterocycles. The maximum absolute atomic E-state index is 12.1. The molecule has 18 heavy (non-hydrogen) atoms. The van der Waals surface area contributed by atoms with Gasteiger partial charge in [0.15, 0.2) is 5.78 Å². The molecular formula is C14H13ClN2O. The van der Waals surface area contributed by atoms with Gasteiger partial charge in [-0.05, 0) is 36.5 Å². The van der Waals surface area contributed by atoms with Crippen LogP contribution in [0.5, 0.6) is 0 Å². The van der Waals surface area contributed by atoms with Crippen LogP contribution in [0.3, 0.4) is 0 Å². The van der Waals surface area contributed by atoms with Crippen molar-refractivity contribution in [1.82, 2.24) is 9.78 Å². The molecule has 0 spiro atoms. The molecule has 0 unspecified atom stereocenters. The van der Waals surface area contributed by atoms with Gasteiger partial charge in [0.1, 0.15) is 6.54 Å². The first-order valence-corrected chi connectivity index (χ1v) is 6.43. The SMILES string of the molecule is O=C(Cn1cc(Cl)cn1)c1ccc2c(c1)CCC2. The molecule has 4 heteroatoms. The Morgan fingerprint density at radius 2 is 2.17 bits per heavy atom. The molecule has 0 saturated carbocycles. The first kappa shape index (κ1) is 11.5. The highest BCUT2D eigenvalue weighted by molar-refractivity contribution is 6.30. The van der Waals surface area contributed by atoms with Crippen molar-refractivity contribution in [2.24, 2.45) is 0 Å². The number of benzene rings is 1. The van der Waals surface area contributed by atoms with Crippen molar-refractivity contribution < 1.29 is 4.79 Å². The lowest BCUT2D eigenvalue weighted by molar-refractivity contribution is 0.0967. The number of carbonyl (C=O) groups is 1. The van der Waals surface area contributed by atoms with E-state index in [1.807, 2.05) is 12.1 Å². The van der Waals surface area contributed by atoms with E-state index in [2.05, 4.69) is 11.2 Å². The Kier molecular flexibility index (Phi) is 2.92. The van der Waals surface area contributed by atoms with Crippen molar-refractivity contribution in [3.63, 3.8) is 0 Å². The Hall–Kier alpha value is -1.61. The van der Waals surface area contributed by atoms with Crippen molar-refractivity contribution in [1.29, 1.82) is 0 Å². The van der Waals surface area contributed by atoms with Gasteiger partial charge >= 0.3 is 0 Å². The molecule has 0 N–H and O–H groups in total. The minimum absolute atomic E-state index is 0.0736. The van der Waals surface area contributed by atoms with E-state index in [1.165, 1.54) is 23.7 Å². The van der Waals surface area contributed by atoms with Crippen molar-refractivity contribution in [2.45, 2.75) is 25.8 Å². The smallest absolute Gasteiger partial charge is 0.184 e. The Balaban J connectivity index is 1.80. The molecule has 0 fully saturated rings. The molecule has 0 radical (unpaired) electrons. The maximum Gasteiger partial charge on any atom is 0.184 e. The maximum atomic E-state index is 12.1. The highest BCUT2D eigenvalue weighted by Gasteiger charge is 2.14. The zero-order chi connectivity index (χ0) is 12.5. The van der Waals surface area contributed by atoms with Gasteiger partial charge in [-0.2, -0.15) is 5.10 Å². The average Bonchev–Trinajstić information content (AvgIpc) is 2.96. The minimum atomic E-state index is 0.0736. The second-order valence-electron chi connectivity index (χ2n) is 4.62. The molecule has 1 aliphatic rings. The molecule has 0 aliphatic heterocycles. The van der Waals surface area contributed by atoms with E-state index in [0.717, 1.165) is 18.4 Å². The van der Waals surface area contributed by atoms with Crippen LogP contribution in [-0.2, 0) is 19.4 Å². The third-order valence-corrected chi connectivity index (χ3v) is 3.52. The lowest BCUT2D eigenvalue weighted by atomic mass is 10.0. The third kappa shape index (κ3) is 2.18. The summed E-state index contributed by atoms with van der Waals surface area (Å²) in [5.41, 5.74) is 3.47. The molecule has 0 bridgehead atoms. The quantitative estimate of drug-likeness (QED) is 0.796. The fourth-order valence-electron chi connectivity index (χ4n) is 2.41. The lowest BCUT2D eigenvalue weighted by Gasteiger charge is -2.04. The molecule has 3 nitrogen and oxygen atoms in total. The number of carbonyl (C=O) groups excluding carboxylic acids is 1. The Bertz CT molecular complexity index is 604. The molecule has 0 amide bonds. The number of halogens is 1. The molecule has 0 saturated heterocycles. The first-order chi connectivity index (χ1) is 8.72. The predicted octanol–water partition coefficient (Wildman–Crippen LogP) is 2.91. The first-order valence-electron chi connectivity index (χ1n) is 6.05. The normalized spacial score (nSPS) is 13.6. The highest BCUT2D eigenvalue weighted by atomic mass is 35.5. The molecule has 2 aromatic rings. The van der Waals surface area contributed by atoms with Crippen LogP contribution >= 0.6 is 11.6 Å². The number of nitrogens with zero attached hydrogens (tertiary/aromatic N) is 2. The topological polar surface area (TPSA) is 34.9 Å². The van der Waals surface area contributed by atoms with E-state index >= 15 is 0 Å². The summed E-state index contributed by atoms with van der Waals surface area (Å²) in [4.78, 5) is 12.1. The Labute approximate surface area is 110 Å². The summed E-state index contributed by atoms with van der Waals surface area (Å²) >= 11 is 5.77. The summed E-state index contributed by atoms with van der Waals surface area (Å²) in [6.07, 6.45) is 6.62. The molecule has 1 aromatic heterocycles. The van der Waals surface area contributed by atoms with Crippen LogP contribution in [0.2, 0.25) is 5.02 Å². The molecular weight excluding hydrogens is 248 g/mol. The summed E-state index contributed by atoms with van der Waals surface area (Å²) < 4.78 is 1.57. The van der Waals surface area contributed by atoms with Gasteiger partial charge in [-0.3, -0.25) is 9.48 Å². The average molecular weight is 261 g/mol. The summed E-state index contributed by atoms with van der Waals surface area (Å²) in [5, 5.41) is 4.57. The zero-order valence-electron chi connectivity index (χ0n) is 9.90. The van der Waals surface area contributed by atoms with Gasteiger partial charge in [0.2, 0.25) is 0 Å². The van der Waals surface area contributed by atoms with Crippen LogP contribution in [0.25, 0.3) is 0 Å². The van der Waals surface area contributed by atoms with E-state index in [4.69, 9.17) is 11.6 Å². The van der Waals surface area contributed by atoms with E-state index in [-0.39, 0.29) is 12.3 Å². The van der Waals surface area contributed by atoms with Gasteiger partial charge in [-0.25, -0.2) is 0 Å². The standard InChI is InChI=1S/C14H13ClN2O/c15-13-7-16-17(8-13)9-14(18)12-5-4-10-2-1-3-11(10)6-12/h4-8H,1-3,9H2. The van der Waals surface area contributed by atoms with Crippen molar-refractivity contribution in [3.05, 3.63) is 52.3 Å². The number of Topliss-reactive ketones (excluding diaryl/α,β-unsaturated/α-hetero) is 1. The van der Waals surface area contributed by atoms with Gasteiger partial charge < -0.3 is 0 Å². The monoisotopic (exact) mass is 260 g/mol. The van der Waals surface area contributed by atoms with Crippen molar-refractivity contribution in [2.75, 3.05) is 0 Å². The Morgan fingerprint density at radius 1 is 1.33 bits per heavy atom. The summed E-state index contributed by atoms with van der Waals surface area (Å²) in [5.74, 6) is 0.0736.